The van der Waals surface area contributed by atoms with Crippen LogP contribution in [-0.4, -0.2) is 16.0 Å². The Morgan fingerprint density at radius 3 is 2.89 bits per heavy atom. The molecule has 0 fully saturated rings. The maximum absolute atomic E-state index is 11.7. The van der Waals surface area contributed by atoms with Crippen molar-refractivity contribution in [1.29, 1.82) is 0 Å². The highest BCUT2D eigenvalue weighted by atomic mass is 35.5. The molecule has 5 heteroatoms. The van der Waals surface area contributed by atoms with E-state index in [1.807, 2.05) is 0 Å². The highest BCUT2D eigenvalue weighted by molar-refractivity contribution is 6.29. The fourth-order valence-corrected chi connectivity index (χ4v) is 1.71. The summed E-state index contributed by atoms with van der Waals surface area (Å²) in [6.07, 6.45) is 1.71. The molecule has 0 saturated carbocycles. The van der Waals surface area contributed by atoms with E-state index in [0.29, 0.717) is 10.8 Å². The molecule has 4 nitrogen and oxygen atoms in total. The Hall–Kier alpha value is -2.07. The van der Waals surface area contributed by atoms with Gasteiger partial charge in [-0.05, 0) is 29.8 Å². The number of rotatable bonds is 3. The van der Waals surface area contributed by atoms with Gasteiger partial charge in [-0.2, -0.15) is 0 Å². The summed E-state index contributed by atoms with van der Waals surface area (Å²) < 4.78 is 0. The molecular formula is C13H11ClN2O2. The molecule has 0 radical (unpaired) electrons. The van der Waals surface area contributed by atoms with Crippen LogP contribution in [0.5, 0.6) is 5.75 Å². The van der Waals surface area contributed by atoms with E-state index in [0.717, 1.165) is 5.56 Å². The molecule has 0 atom stereocenters. The number of aromatic hydroxyl groups is 1. The van der Waals surface area contributed by atoms with Gasteiger partial charge >= 0.3 is 0 Å². The van der Waals surface area contributed by atoms with Crippen LogP contribution < -0.4 is 5.32 Å². The number of halogens is 1. The minimum absolute atomic E-state index is 0.146. The van der Waals surface area contributed by atoms with Crippen LogP contribution in [0.3, 0.4) is 0 Å². The molecule has 0 saturated heterocycles. The van der Waals surface area contributed by atoms with Crippen LogP contribution in [-0.2, 0) is 11.2 Å². The Bertz CT molecular complexity index is 523. The summed E-state index contributed by atoms with van der Waals surface area (Å²) in [5, 5.41) is 12.3. The summed E-state index contributed by atoms with van der Waals surface area (Å²) in [5.74, 6) is -0.0323. The van der Waals surface area contributed by atoms with E-state index in [2.05, 4.69) is 10.3 Å². The van der Waals surface area contributed by atoms with Crippen LogP contribution >= 0.6 is 11.6 Å². The largest absolute Gasteiger partial charge is 0.508 e. The summed E-state index contributed by atoms with van der Waals surface area (Å²) in [5.41, 5.74) is 1.34. The maximum Gasteiger partial charge on any atom is 0.228 e. The first kappa shape index (κ1) is 12.4. The second-order valence-corrected chi connectivity index (χ2v) is 4.15. The molecule has 1 aromatic carbocycles. The number of hydrogen-bond acceptors (Lipinski definition) is 3. The summed E-state index contributed by atoms with van der Waals surface area (Å²) >= 11 is 5.71. The number of amides is 1. The molecule has 2 rings (SSSR count). The van der Waals surface area contributed by atoms with Crippen molar-refractivity contribution < 1.29 is 9.90 Å². The molecule has 18 heavy (non-hydrogen) atoms. The lowest BCUT2D eigenvalue weighted by atomic mass is 10.1. The zero-order valence-electron chi connectivity index (χ0n) is 9.43. The van der Waals surface area contributed by atoms with Gasteiger partial charge in [0.2, 0.25) is 5.91 Å². The van der Waals surface area contributed by atoms with E-state index in [4.69, 9.17) is 11.6 Å². The van der Waals surface area contributed by atoms with Crippen molar-refractivity contribution in [2.24, 2.45) is 0 Å². The van der Waals surface area contributed by atoms with Crippen molar-refractivity contribution >= 4 is 23.2 Å². The SMILES string of the molecule is O=C(Cc1cccc(O)c1)Nc1ccnc(Cl)c1. The number of phenolic OH excluding ortho intramolecular Hbond substituents is 1. The monoisotopic (exact) mass is 262 g/mol. The van der Waals surface area contributed by atoms with Crippen molar-refractivity contribution in [3.63, 3.8) is 0 Å². The number of benzene rings is 1. The number of pyridine rings is 1. The zero-order valence-corrected chi connectivity index (χ0v) is 10.2. The fourth-order valence-electron chi connectivity index (χ4n) is 1.54. The minimum Gasteiger partial charge on any atom is -0.508 e. The molecule has 0 aliphatic carbocycles. The average Bonchev–Trinajstić information content (AvgIpc) is 2.28. The van der Waals surface area contributed by atoms with Crippen molar-refractivity contribution in [3.8, 4) is 5.75 Å². The quantitative estimate of drug-likeness (QED) is 0.836. The van der Waals surface area contributed by atoms with Crippen molar-refractivity contribution in [1.82, 2.24) is 4.98 Å². The lowest BCUT2D eigenvalue weighted by Gasteiger charge is -2.05. The van der Waals surface area contributed by atoms with Crippen molar-refractivity contribution in [2.45, 2.75) is 6.42 Å². The third-order valence-corrected chi connectivity index (χ3v) is 2.49. The summed E-state index contributed by atoms with van der Waals surface area (Å²) in [4.78, 5) is 15.6. The van der Waals surface area contributed by atoms with Gasteiger partial charge in [-0.3, -0.25) is 4.79 Å². The molecule has 1 aromatic heterocycles. The van der Waals surface area contributed by atoms with Crippen LogP contribution in [0, 0.1) is 0 Å². The number of hydrogen-bond donors (Lipinski definition) is 2. The van der Waals surface area contributed by atoms with Crippen molar-refractivity contribution in [2.75, 3.05) is 5.32 Å². The Balaban J connectivity index is 2.01. The van der Waals surface area contributed by atoms with E-state index < -0.39 is 0 Å². The van der Waals surface area contributed by atoms with E-state index >= 15 is 0 Å². The van der Waals surface area contributed by atoms with Gasteiger partial charge in [0.05, 0.1) is 6.42 Å². The van der Waals surface area contributed by atoms with Crippen LogP contribution in [0.2, 0.25) is 5.15 Å². The first-order valence-corrected chi connectivity index (χ1v) is 5.70. The molecule has 1 heterocycles. The summed E-state index contributed by atoms with van der Waals surface area (Å²) in [7, 11) is 0. The third kappa shape index (κ3) is 3.46. The predicted molar refractivity (Wildman–Crippen MR) is 69.7 cm³/mol. The second kappa shape index (κ2) is 5.51. The number of carbonyl (C=O) groups excluding carboxylic acids is 1. The van der Waals surface area contributed by atoms with Gasteiger partial charge < -0.3 is 10.4 Å². The number of anilines is 1. The van der Waals surface area contributed by atoms with E-state index in [9.17, 15) is 9.90 Å². The normalized spacial score (nSPS) is 10.1. The predicted octanol–water partition coefficient (Wildman–Crippen LogP) is 2.62. The Morgan fingerprint density at radius 2 is 2.17 bits per heavy atom. The van der Waals surface area contributed by atoms with Gasteiger partial charge in [0.25, 0.3) is 0 Å². The number of phenols is 1. The fraction of sp³-hybridized carbons (Fsp3) is 0.0769. The van der Waals surface area contributed by atoms with Crippen LogP contribution in [0.15, 0.2) is 42.6 Å². The molecule has 0 aliphatic heterocycles. The van der Waals surface area contributed by atoms with Crippen LogP contribution in [0.4, 0.5) is 5.69 Å². The zero-order chi connectivity index (χ0) is 13.0. The molecule has 0 aliphatic rings. The van der Waals surface area contributed by atoms with Crippen LogP contribution in [0.1, 0.15) is 5.56 Å². The number of aromatic nitrogens is 1. The third-order valence-electron chi connectivity index (χ3n) is 2.29. The molecule has 0 bridgehead atoms. The van der Waals surface area contributed by atoms with Gasteiger partial charge in [0, 0.05) is 11.9 Å². The average molecular weight is 263 g/mol. The standard InChI is InChI=1S/C13H11ClN2O2/c14-12-8-10(4-5-15-12)16-13(18)7-9-2-1-3-11(17)6-9/h1-6,8,17H,7H2,(H,15,16,18). The van der Waals surface area contributed by atoms with Gasteiger partial charge in [-0.15, -0.1) is 0 Å². The first-order valence-electron chi connectivity index (χ1n) is 5.33. The summed E-state index contributed by atoms with van der Waals surface area (Å²) in [6.45, 7) is 0. The Morgan fingerprint density at radius 1 is 1.33 bits per heavy atom. The molecule has 1 amide bonds. The lowest BCUT2D eigenvalue weighted by molar-refractivity contribution is -0.115. The molecule has 0 spiro atoms. The van der Waals surface area contributed by atoms with E-state index in [1.54, 1.807) is 36.4 Å². The number of nitrogens with one attached hydrogen (secondary N) is 1. The van der Waals surface area contributed by atoms with Crippen LogP contribution in [0.25, 0.3) is 0 Å². The molecule has 2 aromatic rings. The van der Waals surface area contributed by atoms with Gasteiger partial charge in [-0.25, -0.2) is 4.98 Å². The van der Waals surface area contributed by atoms with Gasteiger partial charge in [-0.1, -0.05) is 23.7 Å². The van der Waals surface area contributed by atoms with Gasteiger partial charge in [0.15, 0.2) is 0 Å². The number of nitrogens with zero attached hydrogens (tertiary/aromatic N) is 1. The second-order valence-electron chi connectivity index (χ2n) is 3.76. The maximum atomic E-state index is 11.7. The molecule has 92 valence electrons. The highest BCUT2D eigenvalue weighted by Crippen LogP contribution is 2.14. The lowest BCUT2D eigenvalue weighted by Crippen LogP contribution is -2.14. The molecule has 0 unspecified atom stereocenters. The highest BCUT2D eigenvalue weighted by Gasteiger charge is 2.05. The topological polar surface area (TPSA) is 62.2 Å². The Kier molecular flexibility index (Phi) is 3.79. The van der Waals surface area contributed by atoms with Gasteiger partial charge in [0.1, 0.15) is 10.9 Å². The van der Waals surface area contributed by atoms with E-state index in [-0.39, 0.29) is 18.1 Å². The summed E-state index contributed by atoms with van der Waals surface area (Å²) in [6, 6.07) is 9.82. The molecule has 2 N–H and O–H groups in total. The molecular weight excluding hydrogens is 252 g/mol. The Labute approximate surface area is 109 Å². The van der Waals surface area contributed by atoms with Crippen molar-refractivity contribution in [3.05, 3.63) is 53.3 Å². The minimum atomic E-state index is -0.178. The first-order chi connectivity index (χ1) is 8.63. The smallest absolute Gasteiger partial charge is 0.228 e. The van der Waals surface area contributed by atoms with E-state index in [1.165, 1.54) is 6.20 Å². The number of carbonyl (C=O) groups is 1.